The molecular weight excluding hydrogens is 267 g/mol. The van der Waals surface area contributed by atoms with E-state index in [4.69, 9.17) is 0 Å². The molecule has 0 amide bonds. The molecule has 0 aliphatic heterocycles. The van der Waals surface area contributed by atoms with Crippen LogP contribution in [0.2, 0.25) is 0 Å². The average Bonchev–Trinajstić information content (AvgIpc) is 2.33. The van der Waals surface area contributed by atoms with Crippen molar-refractivity contribution >= 4 is 0 Å². The molecular formula is C15H22F3NO. The highest BCUT2D eigenvalue weighted by Gasteiger charge is 2.31. The Kier molecular flexibility index (Phi) is 6.33. The van der Waals surface area contributed by atoms with Gasteiger partial charge in [-0.25, -0.2) is 0 Å². The van der Waals surface area contributed by atoms with Crippen molar-refractivity contribution in [1.29, 1.82) is 0 Å². The van der Waals surface area contributed by atoms with Crippen molar-refractivity contribution in [2.75, 3.05) is 0 Å². The summed E-state index contributed by atoms with van der Waals surface area (Å²) in [6, 6.07) is 6.48. The van der Waals surface area contributed by atoms with Gasteiger partial charge < -0.3 is 10.1 Å². The second-order valence-electron chi connectivity index (χ2n) is 5.41. The first-order chi connectivity index (χ1) is 9.28. The van der Waals surface area contributed by atoms with Gasteiger partial charge in [0.2, 0.25) is 0 Å². The van der Waals surface area contributed by atoms with Crippen molar-refractivity contribution in [3.63, 3.8) is 0 Å². The molecule has 0 aliphatic rings. The van der Waals surface area contributed by atoms with E-state index in [2.05, 4.69) is 23.9 Å². The lowest BCUT2D eigenvalue weighted by molar-refractivity contribution is -0.274. The van der Waals surface area contributed by atoms with Crippen LogP contribution in [0.25, 0.3) is 0 Å². The maximum atomic E-state index is 12.3. The van der Waals surface area contributed by atoms with E-state index in [1.54, 1.807) is 12.1 Å². The number of halogens is 3. The van der Waals surface area contributed by atoms with Gasteiger partial charge in [0.25, 0.3) is 0 Å². The van der Waals surface area contributed by atoms with E-state index in [-0.39, 0.29) is 11.8 Å². The van der Waals surface area contributed by atoms with Gasteiger partial charge in [0.05, 0.1) is 0 Å². The first-order valence-electron chi connectivity index (χ1n) is 6.85. The molecule has 1 aromatic rings. The van der Waals surface area contributed by atoms with Crippen LogP contribution in [0.4, 0.5) is 13.2 Å². The zero-order valence-electron chi connectivity index (χ0n) is 12.1. The van der Waals surface area contributed by atoms with Crippen LogP contribution < -0.4 is 10.1 Å². The van der Waals surface area contributed by atoms with Gasteiger partial charge in [0.1, 0.15) is 5.75 Å². The van der Waals surface area contributed by atoms with Crippen LogP contribution >= 0.6 is 0 Å². The third kappa shape index (κ3) is 6.80. The topological polar surface area (TPSA) is 21.3 Å². The second-order valence-corrected chi connectivity index (χ2v) is 5.41. The Morgan fingerprint density at radius 1 is 1.10 bits per heavy atom. The predicted molar refractivity (Wildman–Crippen MR) is 73.5 cm³/mol. The van der Waals surface area contributed by atoms with Crippen molar-refractivity contribution in [3.8, 4) is 5.75 Å². The largest absolute Gasteiger partial charge is 0.573 e. The lowest BCUT2D eigenvalue weighted by atomic mass is 10.0. The number of nitrogens with one attached hydrogen (secondary N) is 1. The van der Waals surface area contributed by atoms with E-state index in [0.717, 1.165) is 12.8 Å². The Morgan fingerprint density at radius 3 is 2.35 bits per heavy atom. The fourth-order valence-electron chi connectivity index (χ4n) is 1.84. The minimum atomic E-state index is -4.65. The Balaban J connectivity index is 2.55. The van der Waals surface area contributed by atoms with Crippen LogP contribution in [0, 0.1) is 5.92 Å². The second kappa shape index (κ2) is 7.53. The quantitative estimate of drug-likeness (QED) is 0.798. The Bertz CT molecular complexity index is 404. The van der Waals surface area contributed by atoms with E-state index < -0.39 is 6.36 Å². The fourth-order valence-corrected chi connectivity index (χ4v) is 1.84. The number of hydrogen-bond donors (Lipinski definition) is 1. The molecule has 1 aromatic carbocycles. The van der Waals surface area contributed by atoms with Crippen molar-refractivity contribution in [1.82, 2.24) is 5.32 Å². The molecule has 5 heteroatoms. The number of benzene rings is 1. The maximum absolute atomic E-state index is 12.3. The summed E-state index contributed by atoms with van der Waals surface area (Å²) < 4.78 is 40.9. The molecule has 0 radical (unpaired) electrons. The van der Waals surface area contributed by atoms with Gasteiger partial charge in [0, 0.05) is 18.2 Å². The molecule has 0 saturated carbocycles. The van der Waals surface area contributed by atoms with Crippen molar-refractivity contribution < 1.29 is 17.9 Å². The summed E-state index contributed by atoms with van der Waals surface area (Å²) in [6.07, 6.45) is -2.56. The lowest BCUT2D eigenvalue weighted by Crippen LogP contribution is -2.26. The Morgan fingerprint density at radius 2 is 1.75 bits per heavy atom. The summed E-state index contributed by atoms with van der Waals surface area (Å²) in [4.78, 5) is 0. The third-order valence-electron chi connectivity index (χ3n) is 3.02. The van der Waals surface area contributed by atoms with E-state index in [1.165, 1.54) is 12.1 Å². The van der Waals surface area contributed by atoms with Gasteiger partial charge in [-0.15, -0.1) is 13.2 Å². The number of hydrogen-bond acceptors (Lipinski definition) is 2. The van der Waals surface area contributed by atoms with Gasteiger partial charge in [-0.2, -0.15) is 0 Å². The Hall–Kier alpha value is -1.23. The van der Waals surface area contributed by atoms with Gasteiger partial charge in [-0.1, -0.05) is 32.0 Å². The highest BCUT2D eigenvalue weighted by Crippen LogP contribution is 2.26. The number of alkyl halides is 3. The van der Waals surface area contributed by atoms with Gasteiger partial charge in [-0.05, 0) is 31.7 Å². The lowest BCUT2D eigenvalue weighted by Gasteiger charge is -2.17. The number of ether oxygens (including phenoxy) is 1. The zero-order chi connectivity index (χ0) is 15.2. The first kappa shape index (κ1) is 16.8. The van der Waals surface area contributed by atoms with Crippen molar-refractivity contribution in [2.24, 2.45) is 5.92 Å². The van der Waals surface area contributed by atoms with Crippen LogP contribution in [0.15, 0.2) is 24.3 Å². The van der Waals surface area contributed by atoms with Crippen LogP contribution in [0.1, 0.15) is 39.2 Å². The molecule has 0 aromatic heterocycles. The van der Waals surface area contributed by atoms with E-state index in [1.807, 2.05) is 6.92 Å². The van der Waals surface area contributed by atoms with E-state index in [0.29, 0.717) is 18.0 Å². The summed E-state index contributed by atoms with van der Waals surface area (Å²) >= 11 is 0. The monoisotopic (exact) mass is 289 g/mol. The van der Waals surface area contributed by atoms with Gasteiger partial charge in [0.15, 0.2) is 0 Å². The minimum Gasteiger partial charge on any atom is -0.405 e. The summed E-state index contributed by atoms with van der Waals surface area (Å²) in [5, 5.41) is 3.23. The van der Waals surface area contributed by atoms with Gasteiger partial charge >= 0.3 is 6.36 Å². The fraction of sp³-hybridized carbons (Fsp3) is 0.600. The molecule has 0 aliphatic carbocycles. The van der Waals surface area contributed by atoms with Crippen LogP contribution in [0.5, 0.6) is 5.75 Å². The number of rotatable bonds is 7. The number of para-hydroxylation sites is 1. The van der Waals surface area contributed by atoms with Crippen molar-refractivity contribution in [3.05, 3.63) is 29.8 Å². The normalized spacial score (nSPS) is 13.6. The Labute approximate surface area is 118 Å². The molecule has 1 unspecified atom stereocenters. The highest BCUT2D eigenvalue weighted by atomic mass is 19.4. The first-order valence-corrected chi connectivity index (χ1v) is 6.85. The van der Waals surface area contributed by atoms with Gasteiger partial charge in [-0.3, -0.25) is 0 Å². The summed E-state index contributed by atoms with van der Waals surface area (Å²) in [5.74, 6) is 0.489. The van der Waals surface area contributed by atoms with Crippen LogP contribution in [0.3, 0.4) is 0 Å². The molecule has 1 atom stereocenters. The molecule has 0 fully saturated rings. The van der Waals surface area contributed by atoms with Crippen molar-refractivity contribution in [2.45, 2.75) is 52.6 Å². The smallest absolute Gasteiger partial charge is 0.405 e. The zero-order valence-corrected chi connectivity index (χ0v) is 12.1. The average molecular weight is 289 g/mol. The van der Waals surface area contributed by atoms with Crippen LogP contribution in [-0.4, -0.2) is 12.4 Å². The molecule has 114 valence electrons. The standard InChI is InChI=1S/C15H22F3NO/c1-11(2)8-9-12(3)19-10-13-6-4-5-7-14(13)20-15(16,17)18/h4-7,11-12,19H,8-10H2,1-3H3. The third-order valence-corrected chi connectivity index (χ3v) is 3.02. The molecule has 0 bridgehead atoms. The maximum Gasteiger partial charge on any atom is 0.573 e. The molecule has 0 spiro atoms. The predicted octanol–water partition coefficient (Wildman–Crippen LogP) is 4.50. The summed E-state index contributed by atoms with van der Waals surface area (Å²) in [5.41, 5.74) is 0.515. The van der Waals surface area contributed by atoms with E-state index in [9.17, 15) is 13.2 Å². The SMILES string of the molecule is CC(C)CCC(C)NCc1ccccc1OC(F)(F)F. The summed E-state index contributed by atoms with van der Waals surface area (Å²) in [7, 11) is 0. The molecule has 20 heavy (non-hydrogen) atoms. The minimum absolute atomic E-state index is 0.136. The molecule has 0 saturated heterocycles. The molecule has 2 nitrogen and oxygen atoms in total. The van der Waals surface area contributed by atoms with E-state index >= 15 is 0 Å². The summed E-state index contributed by atoms with van der Waals surface area (Å²) in [6.45, 7) is 6.71. The molecule has 1 rings (SSSR count). The molecule has 0 heterocycles. The van der Waals surface area contributed by atoms with Crippen LogP contribution in [-0.2, 0) is 6.54 Å². The molecule has 1 N–H and O–H groups in total. The highest BCUT2D eigenvalue weighted by molar-refractivity contribution is 5.33.